The van der Waals surface area contributed by atoms with E-state index >= 15 is 0 Å². The fourth-order valence-electron chi connectivity index (χ4n) is 2.50. The lowest BCUT2D eigenvalue weighted by atomic mass is 10.2. The molecular formula is C20H15ClN4O5S. The summed E-state index contributed by atoms with van der Waals surface area (Å²) in [5, 5.41) is 14.9. The second kappa shape index (κ2) is 9.37. The predicted octanol–water partition coefficient (Wildman–Crippen LogP) is 3.81. The Balaban J connectivity index is 1.74. The van der Waals surface area contributed by atoms with E-state index in [1.165, 1.54) is 66.9 Å². The molecule has 3 aromatic carbocycles. The van der Waals surface area contributed by atoms with Crippen molar-refractivity contribution in [3.05, 3.63) is 99.1 Å². The third-order valence-corrected chi connectivity index (χ3v) is 5.66. The molecule has 0 radical (unpaired) electrons. The van der Waals surface area contributed by atoms with Crippen molar-refractivity contribution in [2.45, 2.75) is 4.90 Å². The molecule has 0 heterocycles. The number of carbonyl (C=O) groups is 1. The molecule has 11 heteroatoms. The van der Waals surface area contributed by atoms with Crippen LogP contribution < -0.4 is 10.1 Å². The summed E-state index contributed by atoms with van der Waals surface area (Å²) >= 11 is 5.79. The van der Waals surface area contributed by atoms with Crippen LogP contribution in [0.3, 0.4) is 0 Å². The molecule has 3 rings (SSSR count). The summed E-state index contributed by atoms with van der Waals surface area (Å²) < 4.78 is 27.6. The van der Waals surface area contributed by atoms with Gasteiger partial charge in [-0.25, -0.2) is 13.8 Å². The van der Waals surface area contributed by atoms with Crippen LogP contribution in [0, 0.1) is 10.1 Å². The molecule has 0 aliphatic heterocycles. The van der Waals surface area contributed by atoms with Crippen molar-refractivity contribution in [2.75, 3.05) is 4.72 Å². The average molecular weight is 459 g/mol. The minimum absolute atomic E-state index is 0.0108. The van der Waals surface area contributed by atoms with E-state index in [0.717, 1.165) is 0 Å². The number of para-hydroxylation sites is 1. The molecule has 0 aromatic heterocycles. The third-order valence-electron chi connectivity index (χ3n) is 4.02. The van der Waals surface area contributed by atoms with Crippen molar-refractivity contribution in [2.24, 2.45) is 5.10 Å². The molecule has 0 unspecified atom stereocenters. The first-order chi connectivity index (χ1) is 14.8. The normalized spacial score (nSPS) is 11.3. The zero-order chi connectivity index (χ0) is 22.4. The van der Waals surface area contributed by atoms with Gasteiger partial charge in [0.15, 0.2) is 0 Å². The number of non-ortho nitro benzene ring substituents is 1. The maximum atomic E-state index is 12.6. The number of hydrazone groups is 1. The molecule has 0 fully saturated rings. The standard InChI is InChI=1S/C20H15ClN4O5S/c21-15-7-11-17(12-8-15)31(29,30)24-19-4-2-1-3-18(19)20(26)23-22-13-14-5-9-16(10-6-14)25(27)28/h1-13,24H,(H,23,26)/b22-13-. The molecule has 1 amide bonds. The van der Waals surface area contributed by atoms with E-state index in [1.54, 1.807) is 12.1 Å². The zero-order valence-corrected chi connectivity index (χ0v) is 17.3. The molecule has 0 aliphatic carbocycles. The number of nitrogens with zero attached hydrogens (tertiary/aromatic N) is 2. The molecule has 0 atom stereocenters. The van der Waals surface area contributed by atoms with Gasteiger partial charge in [0.2, 0.25) is 0 Å². The van der Waals surface area contributed by atoms with Crippen molar-refractivity contribution in [1.82, 2.24) is 5.43 Å². The van der Waals surface area contributed by atoms with E-state index in [0.29, 0.717) is 10.6 Å². The Bertz CT molecular complexity index is 1240. The smallest absolute Gasteiger partial charge is 0.273 e. The van der Waals surface area contributed by atoms with Gasteiger partial charge in [0.1, 0.15) is 0 Å². The van der Waals surface area contributed by atoms with Gasteiger partial charge in [-0.15, -0.1) is 0 Å². The van der Waals surface area contributed by atoms with Crippen LogP contribution >= 0.6 is 11.6 Å². The minimum atomic E-state index is -3.94. The Morgan fingerprint density at radius 1 is 1.00 bits per heavy atom. The van der Waals surface area contributed by atoms with Crippen molar-refractivity contribution in [3.63, 3.8) is 0 Å². The molecule has 0 aliphatic rings. The second-order valence-corrected chi connectivity index (χ2v) is 8.27. The number of benzene rings is 3. The third kappa shape index (κ3) is 5.65. The average Bonchev–Trinajstić information content (AvgIpc) is 2.74. The van der Waals surface area contributed by atoms with Crippen LogP contribution in [-0.2, 0) is 10.0 Å². The monoisotopic (exact) mass is 458 g/mol. The fraction of sp³-hybridized carbons (Fsp3) is 0. The molecule has 0 spiro atoms. The van der Waals surface area contributed by atoms with Gasteiger partial charge >= 0.3 is 0 Å². The summed E-state index contributed by atoms with van der Waals surface area (Å²) in [6, 6.07) is 17.2. The van der Waals surface area contributed by atoms with Crippen LogP contribution in [0.4, 0.5) is 11.4 Å². The quantitative estimate of drug-likeness (QED) is 0.315. The number of carbonyl (C=O) groups excluding carboxylic acids is 1. The Kier molecular flexibility index (Phi) is 6.63. The van der Waals surface area contributed by atoms with Crippen molar-refractivity contribution >= 4 is 45.1 Å². The van der Waals surface area contributed by atoms with Crippen LogP contribution in [0.15, 0.2) is 82.8 Å². The zero-order valence-electron chi connectivity index (χ0n) is 15.7. The number of rotatable bonds is 7. The lowest BCUT2D eigenvalue weighted by Crippen LogP contribution is -2.21. The van der Waals surface area contributed by atoms with Crippen LogP contribution in [0.5, 0.6) is 0 Å². The van der Waals surface area contributed by atoms with Gasteiger partial charge < -0.3 is 0 Å². The Hall–Kier alpha value is -3.76. The predicted molar refractivity (Wildman–Crippen MR) is 117 cm³/mol. The van der Waals surface area contributed by atoms with Gasteiger partial charge in [-0.05, 0) is 54.1 Å². The van der Waals surface area contributed by atoms with E-state index in [1.807, 2.05) is 0 Å². The SMILES string of the molecule is O=C(N/N=C\c1ccc([N+](=O)[O-])cc1)c1ccccc1NS(=O)(=O)c1ccc(Cl)cc1. The molecule has 158 valence electrons. The van der Waals surface area contributed by atoms with Crippen LogP contribution in [0.2, 0.25) is 5.02 Å². The maximum absolute atomic E-state index is 12.6. The Labute approximate surface area is 182 Å². The molecular weight excluding hydrogens is 444 g/mol. The van der Waals surface area contributed by atoms with Crippen LogP contribution in [0.1, 0.15) is 15.9 Å². The number of nitro groups is 1. The van der Waals surface area contributed by atoms with Crippen LogP contribution in [-0.4, -0.2) is 25.5 Å². The van der Waals surface area contributed by atoms with Crippen LogP contribution in [0.25, 0.3) is 0 Å². The summed E-state index contributed by atoms with van der Waals surface area (Å²) in [5.74, 6) is -0.646. The summed E-state index contributed by atoms with van der Waals surface area (Å²) in [6.07, 6.45) is 1.31. The summed E-state index contributed by atoms with van der Waals surface area (Å²) in [4.78, 5) is 22.6. The second-order valence-electron chi connectivity index (χ2n) is 6.15. The number of amides is 1. The molecule has 9 nitrogen and oxygen atoms in total. The fourth-order valence-corrected chi connectivity index (χ4v) is 3.70. The lowest BCUT2D eigenvalue weighted by molar-refractivity contribution is -0.384. The van der Waals surface area contributed by atoms with Crippen molar-refractivity contribution in [1.29, 1.82) is 0 Å². The number of sulfonamides is 1. The van der Waals surface area contributed by atoms with E-state index in [9.17, 15) is 23.3 Å². The van der Waals surface area contributed by atoms with Gasteiger partial charge in [-0.2, -0.15) is 5.10 Å². The summed E-state index contributed by atoms with van der Waals surface area (Å²) in [7, 11) is -3.94. The molecule has 2 N–H and O–H groups in total. The van der Waals surface area contributed by atoms with E-state index < -0.39 is 20.9 Å². The molecule has 3 aromatic rings. The summed E-state index contributed by atoms with van der Waals surface area (Å²) in [6.45, 7) is 0. The highest BCUT2D eigenvalue weighted by atomic mass is 35.5. The molecule has 0 bridgehead atoms. The van der Waals surface area contributed by atoms with Gasteiger partial charge in [0, 0.05) is 17.2 Å². The van der Waals surface area contributed by atoms with Crippen molar-refractivity contribution in [3.8, 4) is 0 Å². The first kappa shape index (κ1) is 21.9. The number of nitrogens with one attached hydrogen (secondary N) is 2. The Morgan fingerprint density at radius 3 is 2.29 bits per heavy atom. The Morgan fingerprint density at radius 2 is 1.65 bits per heavy atom. The first-order valence-electron chi connectivity index (χ1n) is 8.71. The highest BCUT2D eigenvalue weighted by Crippen LogP contribution is 2.21. The number of halogens is 1. The van der Waals surface area contributed by atoms with Gasteiger partial charge in [-0.1, -0.05) is 23.7 Å². The van der Waals surface area contributed by atoms with Gasteiger partial charge in [-0.3, -0.25) is 19.6 Å². The lowest BCUT2D eigenvalue weighted by Gasteiger charge is -2.11. The highest BCUT2D eigenvalue weighted by molar-refractivity contribution is 7.92. The summed E-state index contributed by atoms with van der Waals surface area (Å²) in [5.41, 5.74) is 2.89. The molecule has 31 heavy (non-hydrogen) atoms. The van der Waals surface area contributed by atoms with E-state index in [4.69, 9.17) is 11.6 Å². The number of hydrogen-bond acceptors (Lipinski definition) is 6. The first-order valence-corrected chi connectivity index (χ1v) is 10.6. The number of nitro benzene ring substituents is 1. The number of anilines is 1. The minimum Gasteiger partial charge on any atom is -0.279 e. The number of hydrogen-bond donors (Lipinski definition) is 2. The van der Waals surface area contributed by atoms with E-state index in [2.05, 4.69) is 15.2 Å². The van der Waals surface area contributed by atoms with Gasteiger partial charge in [0.05, 0.1) is 27.3 Å². The van der Waals surface area contributed by atoms with Gasteiger partial charge in [0.25, 0.3) is 21.6 Å². The largest absolute Gasteiger partial charge is 0.279 e. The highest BCUT2D eigenvalue weighted by Gasteiger charge is 2.18. The molecule has 0 saturated heterocycles. The van der Waals surface area contributed by atoms with E-state index in [-0.39, 0.29) is 21.8 Å². The topological polar surface area (TPSA) is 131 Å². The molecule has 0 saturated carbocycles. The van der Waals surface area contributed by atoms with Crippen molar-refractivity contribution < 1.29 is 18.1 Å². The maximum Gasteiger partial charge on any atom is 0.273 e.